The van der Waals surface area contributed by atoms with Gasteiger partial charge >= 0.3 is 0 Å². The summed E-state index contributed by atoms with van der Waals surface area (Å²) < 4.78 is 5.54. The summed E-state index contributed by atoms with van der Waals surface area (Å²) in [5.41, 5.74) is 1.73. The second-order valence-electron chi connectivity index (χ2n) is 6.80. The monoisotopic (exact) mass is 472 g/mol. The second-order valence-corrected chi connectivity index (χ2v) is 6.80. The van der Waals surface area contributed by atoms with Gasteiger partial charge in [0, 0.05) is 38.9 Å². The summed E-state index contributed by atoms with van der Waals surface area (Å²) in [6.07, 6.45) is 4.89. The molecule has 0 radical (unpaired) electrons. The third-order valence-corrected chi connectivity index (χ3v) is 4.64. The Hall–Kier alpha value is -1.35. The minimum Gasteiger partial charge on any atom is -0.376 e. The number of benzene rings is 1. The van der Waals surface area contributed by atoms with Crippen LogP contribution in [0.5, 0.6) is 0 Å². The Morgan fingerprint density at radius 2 is 2.04 bits per heavy atom. The number of carbonyl (C=O) groups is 1. The number of ether oxygens (including phenoxy) is 1. The van der Waals surface area contributed by atoms with E-state index in [4.69, 9.17) is 4.74 Å². The molecule has 1 atom stereocenters. The molecule has 0 spiro atoms. The molecular formula is C19H29IN4O2. The zero-order valence-corrected chi connectivity index (χ0v) is 17.6. The first kappa shape index (κ1) is 21.0. The number of amides is 1. The molecule has 7 heteroatoms. The molecule has 1 amide bonds. The Labute approximate surface area is 172 Å². The summed E-state index contributed by atoms with van der Waals surface area (Å²) in [4.78, 5) is 16.5. The minimum atomic E-state index is -0.0476. The van der Waals surface area contributed by atoms with Crippen molar-refractivity contribution in [2.24, 2.45) is 10.9 Å². The van der Waals surface area contributed by atoms with Crippen molar-refractivity contribution in [1.29, 1.82) is 0 Å². The molecule has 3 rings (SSSR count). The molecule has 1 saturated carbocycles. The Kier molecular flexibility index (Phi) is 8.64. The molecule has 1 aromatic rings. The third-order valence-electron chi connectivity index (χ3n) is 4.64. The molecule has 1 heterocycles. The van der Waals surface area contributed by atoms with Crippen molar-refractivity contribution >= 4 is 35.8 Å². The molecule has 0 aromatic heterocycles. The molecule has 1 aliphatic heterocycles. The topological polar surface area (TPSA) is 74.8 Å². The fourth-order valence-electron chi connectivity index (χ4n) is 2.91. The van der Waals surface area contributed by atoms with Crippen LogP contribution in [0, 0.1) is 5.92 Å². The highest BCUT2D eigenvalue weighted by molar-refractivity contribution is 14.0. The molecule has 1 aliphatic carbocycles. The maximum atomic E-state index is 12.3. The number of halogens is 1. The van der Waals surface area contributed by atoms with E-state index < -0.39 is 0 Å². The number of hydrogen-bond acceptors (Lipinski definition) is 3. The lowest BCUT2D eigenvalue weighted by molar-refractivity contribution is 0.0857. The zero-order chi connectivity index (χ0) is 17.5. The van der Waals surface area contributed by atoms with Crippen LogP contribution in [0.25, 0.3) is 0 Å². The molecule has 0 bridgehead atoms. The zero-order valence-electron chi connectivity index (χ0n) is 15.3. The number of nitrogens with zero attached hydrogens (tertiary/aromatic N) is 1. The van der Waals surface area contributed by atoms with E-state index in [1.54, 1.807) is 7.05 Å². The van der Waals surface area contributed by atoms with Crippen molar-refractivity contribution in [3.8, 4) is 0 Å². The number of rotatable bonds is 7. The second kappa shape index (κ2) is 10.7. The summed E-state index contributed by atoms with van der Waals surface area (Å²) in [6, 6.07) is 7.69. The van der Waals surface area contributed by atoms with E-state index in [1.807, 2.05) is 24.3 Å². The lowest BCUT2D eigenvalue weighted by atomic mass is 10.1. The van der Waals surface area contributed by atoms with Crippen molar-refractivity contribution in [1.82, 2.24) is 16.0 Å². The van der Waals surface area contributed by atoms with Crippen LogP contribution in [-0.4, -0.2) is 44.7 Å². The van der Waals surface area contributed by atoms with Gasteiger partial charge in [-0.15, -0.1) is 24.0 Å². The minimum absolute atomic E-state index is 0. The van der Waals surface area contributed by atoms with Crippen LogP contribution in [0.15, 0.2) is 29.3 Å². The quantitative estimate of drug-likeness (QED) is 0.324. The Morgan fingerprint density at radius 3 is 2.73 bits per heavy atom. The summed E-state index contributed by atoms with van der Waals surface area (Å²) in [5.74, 6) is 1.56. The van der Waals surface area contributed by atoms with Gasteiger partial charge < -0.3 is 20.7 Å². The SMILES string of the molecule is CN=C(NCc1cccc(C(=O)NCC2CCCO2)c1)NCC1CC1.I. The van der Waals surface area contributed by atoms with Gasteiger partial charge in [-0.3, -0.25) is 9.79 Å². The van der Waals surface area contributed by atoms with E-state index in [9.17, 15) is 4.79 Å². The molecule has 6 nitrogen and oxygen atoms in total. The van der Waals surface area contributed by atoms with E-state index in [-0.39, 0.29) is 36.0 Å². The summed E-state index contributed by atoms with van der Waals surface area (Å²) in [6.45, 7) is 3.00. The number of carbonyl (C=O) groups excluding carboxylic acids is 1. The standard InChI is InChI=1S/C19H28N4O2.HI/c1-20-19(22-11-14-7-8-14)23-12-15-4-2-5-16(10-15)18(24)21-13-17-6-3-9-25-17;/h2,4-5,10,14,17H,3,6-9,11-13H2,1H3,(H,21,24)(H2,20,22,23);1H. The van der Waals surface area contributed by atoms with Crippen LogP contribution in [-0.2, 0) is 11.3 Å². The molecule has 2 fully saturated rings. The van der Waals surface area contributed by atoms with E-state index in [0.717, 1.165) is 43.4 Å². The highest BCUT2D eigenvalue weighted by Gasteiger charge is 2.21. The molecular weight excluding hydrogens is 443 g/mol. The van der Waals surface area contributed by atoms with Crippen molar-refractivity contribution in [2.75, 3.05) is 26.7 Å². The average molecular weight is 472 g/mol. The van der Waals surface area contributed by atoms with Gasteiger partial charge in [-0.2, -0.15) is 0 Å². The molecule has 1 aromatic carbocycles. The largest absolute Gasteiger partial charge is 0.376 e. The van der Waals surface area contributed by atoms with Crippen LogP contribution in [0.1, 0.15) is 41.6 Å². The highest BCUT2D eigenvalue weighted by Crippen LogP contribution is 2.27. The summed E-state index contributed by atoms with van der Waals surface area (Å²) in [7, 11) is 1.77. The predicted octanol–water partition coefficient (Wildman–Crippen LogP) is 2.29. The van der Waals surface area contributed by atoms with Crippen LogP contribution in [0.4, 0.5) is 0 Å². The predicted molar refractivity (Wildman–Crippen MR) is 114 cm³/mol. The maximum Gasteiger partial charge on any atom is 0.251 e. The van der Waals surface area contributed by atoms with E-state index in [1.165, 1.54) is 12.8 Å². The molecule has 1 unspecified atom stereocenters. The normalized spacial score (nSPS) is 19.6. The van der Waals surface area contributed by atoms with Crippen LogP contribution in [0.2, 0.25) is 0 Å². The van der Waals surface area contributed by atoms with Crippen LogP contribution < -0.4 is 16.0 Å². The molecule has 26 heavy (non-hydrogen) atoms. The molecule has 1 saturated heterocycles. The van der Waals surface area contributed by atoms with E-state index in [0.29, 0.717) is 18.7 Å². The van der Waals surface area contributed by atoms with E-state index in [2.05, 4.69) is 20.9 Å². The van der Waals surface area contributed by atoms with Gasteiger partial charge in [0.25, 0.3) is 5.91 Å². The Bertz CT molecular complexity index is 613. The van der Waals surface area contributed by atoms with Gasteiger partial charge in [0.15, 0.2) is 5.96 Å². The average Bonchev–Trinajstić information content (AvgIpc) is 3.33. The van der Waals surface area contributed by atoms with Gasteiger partial charge in [-0.25, -0.2) is 0 Å². The lowest BCUT2D eigenvalue weighted by Crippen LogP contribution is -2.37. The van der Waals surface area contributed by atoms with Gasteiger partial charge in [0.1, 0.15) is 0 Å². The lowest BCUT2D eigenvalue weighted by Gasteiger charge is -2.13. The third kappa shape index (κ3) is 6.75. The smallest absolute Gasteiger partial charge is 0.251 e. The summed E-state index contributed by atoms with van der Waals surface area (Å²) >= 11 is 0. The van der Waals surface area contributed by atoms with Gasteiger partial charge in [0.05, 0.1) is 6.10 Å². The Morgan fingerprint density at radius 1 is 1.19 bits per heavy atom. The number of guanidine groups is 1. The highest BCUT2D eigenvalue weighted by atomic mass is 127. The van der Waals surface area contributed by atoms with Gasteiger partial charge in [0.2, 0.25) is 0 Å². The van der Waals surface area contributed by atoms with Crippen molar-refractivity contribution in [2.45, 2.75) is 38.3 Å². The fourth-order valence-corrected chi connectivity index (χ4v) is 2.91. The molecule has 2 aliphatic rings. The van der Waals surface area contributed by atoms with E-state index >= 15 is 0 Å². The van der Waals surface area contributed by atoms with Gasteiger partial charge in [-0.05, 0) is 49.3 Å². The van der Waals surface area contributed by atoms with Crippen molar-refractivity contribution in [3.05, 3.63) is 35.4 Å². The number of aliphatic imine (C=N–C) groups is 1. The first-order valence-electron chi connectivity index (χ1n) is 9.18. The van der Waals surface area contributed by atoms with Gasteiger partial charge in [-0.1, -0.05) is 12.1 Å². The molecule has 3 N–H and O–H groups in total. The first-order chi connectivity index (χ1) is 12.2. The van der Waals surface area contributed by atoms with Crippen molar-refractivity contribution in [3.63, 3.8) is 0 Å². The first-order valence-corrected chi connectivity index (χ1v) is 9.18. The number of hydrogen-bond donors (Lipinski definition) is 3. The number of nitrogens with one attached hydrogen (secondary N) is 3. The fraction of sp³-hybridized carbons (Fsp3) is 0.579. The Balaban J connectivity index is 0.00000243. The molecule has 144 valence electrons. The van der Waals surface area contributed by atoms with Crippen LogP contribution in [0.3, 0.4) is 0 Å². The van der Waals surface area contributed by atoms with Crippen LogP contribution >= 0.6 is 24.0 Å². The van der Waals surface area contributed by atoms with Crippen molar-refractivity contribution < 1.29 is 9.53 Å². The summed E-state index contributed by atoms with van der Waals surface area (Å²) in [5, 5.41) is 9.60. The maximum absolute atomic E-state index is 12.3.